The Morgan fingerprint density at radius 2 is 2.00 bits per heavy atom. The van der Waals surface area contributed by atoms with Crippen LogP contribution in [0.3, 0.4) is 0 Å². The fourth-order valence-electron chi connectivity index (χ4n) is 1.76. The molecule has 0 saturated heterocycles. The molecule has 1 aromatic rings. The maximum atomic E-state index is 13.0. The minimum atomic E-state index is -1.12. The van der Waals surface area contributed by atoms with E-state index < -0.39 is 24.1 Å². The zero-order valence-corrected chi connectivity index (χ0v) is 11.6. The van der Waals surface area contributed by atoms with Gasteiger partial charge in [0.25, 0.3) is 0 Å². The van der Waals surface area contributed by atoms with Gasteiger partial charge in [0.15, 0.2) is 11.6 Å². The molecule has 0 radical (unpaired) electrons. The second-order valence-electron chi connectivity index (χ2n) is 4.45. The minimum Gasteiger partial charge on any atom is -0.480 e. The third-order valence-electron chi connectivity index (χ3n) is 2.86. The number of rotatable bonds is 8. The number of carboxylic acids is 1. The number of aliphatic carboxylic acids is 1. The van der Waals surface area contributed by atoms with Crippen LogP contribution in [0.5, 0.6) is 0 Å². The van der Waals surface area contributed by atoms with Crippen molar-refractivity contribution in [3.8, 4) is 0 Å². The van der Waals surface area contributed by atoms with E-state index in [-0.39, 0.29) is 31.9 Å². The van der Waals surface area contributed by atoms with Crippen molar-refractivity contribution in [2.24, 2.45) is 0 Å². The van der Waals surface area contributed by atoms with Crippen molar-refractivity contribution < 1.29 is 28.2 Å². The zero-order chi connectivity index (χ0) is 15.8. The molecule has 0 fully saturated rings. The summed E-state index contributed by atoms with van der Waals surface area (Å²) >= 11 is 0. The van der Waals surface area contributed by atoms with Crippen LogP contribution in [0.25, 0.3) is 0 Å². The predicted octanol–water partition coefficient (Wildman–Crippen LogP) is 1.46. The van der Waals surface area contributed by atoms with Gasteiger partial charge < -0.3 is 14.7 Å². The Bertz CT molecular complexity index is 508. The van der Waals surface area contributed by atoms with Gasteiger partial charge in [0.05, 0.1) is 6.61 Å². The number of carbonyl (C=O) groups excluding carboxylic acids is 1. The summed E-state index contributed by atoms with van der Waals surface area (Å²) in [6.45, 7) is -0.0242. The van der Waals surface area contributed by atoms with Crippen molar-refractivity contribution in [2.75, 3.05) is 26.8 Å². The Morgan fingerprint density at radius 3 is 2.57 bits per heavy atom. The highest BCUT2D eigenvalue weighted by molar-refractivity contribution is 5.81. The molecule has 0 aromatic heterocycles. The monoisotopic (exact) mass is 301 g/mol. The molecule has 5 nitrogen and oxygen atoms in total. The number of aryl methyl sites for hydroxylation is 1. The highest BCUT2D eigenvalue weighted by Gasteiger charge is 2.16. The maximum absolute atomic E-state index is 13.0. The van der Waals surface area contributed by atoms with Crippen molar-refractivity contribution in [1.82, 2.24) is 4.90 Å². The number of halogens is 2. The number of amides is 1. The summed E-state index contributed by atoms with van der Waals surface area (Å²) in [6, 6.07) is 3.41. The van der Waals surface area contributed by atoms with E-state index in [1.807, 2.05) is 0 Å². The van der Waals surface area contributed by atoms with Gasteiger partial charge in [-0.3, -0.25) is 9.59 Å². The van der Waals surface area contributed by atoms with Gasteiger partial charge in [-0.15, -0.1) is 0 Å². The molecule has 21 heavy (non-hydrogen) atoms. The van der Waals surface area contributed by atoms with Crippen LogP contribution in [0.1, 0.15) is 12.0 Å². The second kappa shape index (κ2) is 8.31. The first-order valence-electron chi connectivity index (χ1n) is 6.36. The van der Waals surface area contributed by atoms with E-state index in [1.54, 1.807) is 0 Å². The maximum Gasteiger partial charge on any atom is 0.323 e. The summed E-state index contributed by atoms with van der Waals surface area (Å²) < 4.78 is 30.6. The van der Waals surface area contributed by atoms with Crippen LogP contribution in [0, 0.1) is 11.6 Å². The molecule has 0 spiro atoms. The van der Waals surface area contributed by atoms with Crippen LogP contribution in [0.2, 0.25) is 0 Å². The first kappa shape index (κ1) is 17.0. The third-order valence-corrected chi connectivity index (χ3v) is 2.86. The molecular formula is C14H17F2NO4. The van der Waals surface area contributed by atoms with Crippen molar-refractivity contribution in [3.05, 3.63) is 35.4 Å². The average molecular weight is 301 g/mol. The summed E-state index contributed by atoms with van der Waals surface area (Å²) in [7, 11) is 1.45. The molecule has 0 unspecified atom stereocenters. The lowest BCUT2D eigenvalue weighted by Gasteiger charge is -2.20. The van der Waals surface area contributed by atoms with Gasteiger partial charge in [-0.2, -0.15) is 0 Å². The van der Waals surface area contributed by atoms with Crippen molar-refractivity contribution in [2.45, 2.75) is 12.8 Å². The van der Waals surface area contributed by atoms with E-state index in [0.29, 0.717) is 5.56 Å². The van der Waals surface area contributed by atoms with Crippen molar-refractivity contribution in [3.63, 3.8) is 0 Å². The van der Waals surface area contributed by atoms with Gasteiger partial charge in [-0.1, -0.05) is 6.07 Å². The van der Waals surface area contributed by atoms with Crippen molar-refractivity contribution >= 4 is 11.9 Å². The summed E-state index contributed by atoms with van der Waals surface area (Å²) in [5.41, 5.74) is 0.476. The Balaban J connectivity index is 2.59. The Hall–Kier alpha value is -2.02. The lowest BCUT2D eigenvalue weighted by molar-refractivity contribution is -0.144. The van der Waals surface area contributed by atoms with Gasteiger partial charge in [-0.05, 0) is 24.1 Å². The lowest BCUT2D eigenvalue weighted by atomic mass is 10.1. The number of carbonyl (C=O) groups is 2. The highest BCUT2D eigenvalue weighted by atomic mass is 19.2. The molecular weight excluding hydrogens is 284 g/mol. The minimum absolute atomic E-state index is 0.0159. The van der Waals surface area contributed by atoms with Gasteiger partial charge in [0.2, 0.25) is 5.91 Å². The molecule has 0 aliphatic rings. The standard InChI is InChI=1S/C14H17F2NO4/c1-21-7-6-17(9-14(19)20)13(18)5-3-10-2-4-11(15)12(16)8-10/h2,4,8H,3,5-7,9H2,1H3,(H,19,20). The number of benzene rings is 1. The van der Waals surface area contributed by atoms with E-state index in [4.69, 9.17) is 9.84 Å². The average Bonchev–Trinajstić information content (AvgIpc) is 2.44. The van der Waals surface area contributed by atoms with Crippen molar-refractivity contribution in [1.29, 1.82) is 0 Å². The Kier molecular flexibility index (Phi) is 6.74. The fraction of sp³-hybridized carbons (Fsp3) is 0.429. The van der Waals surface area contributed by atoms with Crippen LogP contribution in [-0.2, 0) is 20.7 Å². The number of nitrogens with zero attached hydrogens (tertiary/aromatic N) is 1. The first-order chi connectivity index (χ1) is 9.93. The van der Waals surface area contributed by atoms with Crippen LogP contribution in [0.15, 0.2) is 18.2 Å². The summed E-state index contributed by atoms with van der Waals surface area (Å²) in [6.07, 6.45) is 0.223. The van der Waals surface area contributed by atoms with E-state index in [2.05, 4.69) is 0 Å². The number of carboxylic acid groups (broad SMARTS) is 1. The summed E-state index contributed by atoms with van der Waals surface area (Å²) in [4.78, 5) is 23.8. The molecule has 1 N–H and O–H groups in total. The molecule has 1 amide bonds. The molecule has 7 heteroatoms. The Morgan fingerprint density at radius 1 is 1.29 bits per heavy atom. The van der Waals surface area contributed by atoms with E-state index in [0.717, 1.165) is 17.0 Å². The zero-order valence-electron chi connectivity index (χ0n) is 11.6. The topological polar surface area (TPSA) is 66.8 Å². The molecule has 1 rings (SSSR count). The van der Waals surface area contributed by atoms with Crippen LogP contribution in [-0.4, -0.2) is 48.7 Å². The molecule has 1 aromatic carbocycles. The van der Waals surface area contributed by atoms with E-state index in [9.17, 15) is 18.4 Å². The van der Waals surface area contributed by atoms with Crippen LogP contribution >= 0.6 is 0 Å². The number of methoxy groups -OCH3 is 1. The molecule has 0 heterocycles. The highest BCUT2D eigenvalue weighted by Crippen LogP contribution is 2.11. The first-order valence-corrected chi connectivity index (χ1v) is 6.36. The number of hydrogen-bond donors (Lipinski definition) is 1. The number of hydrogen-bond acceptors (Lipinski definition) is 3. The molecule has 0 bridgehead atoms. The molecule has 116 valence electrons. The molecule has 0 saturated carbocycles. The largest absolute Gasteiger partial charge is 0.480 e. The smallest absolute Gasteiger partial charge is 0.323 e. The van der Waals surface area contributed by atoms with Gasteiger partial charge in [0, 0.05) is 20.1 Å². The molecule has 0 aliphatic heterocycles. The number of ether oxygens (including phenoxy) is 1. The SMILES string of the molecule is COCCN(CC(=O)O)C(=O)CCc1ccc(F)c(F)c1. The molecule has 0 atom stereocenters. The molecule has 0 aliphatic carbocycles. The third kappa shape index (κ3) is 5.86. The van der Waals surface area contributed by atoms with E-state index >= 15 is 0 Å². The van der Waals surface area contributed by atoms with Crippen LogP contribution in [0.4, 0.5) is 8.78 Å². The van der Waals surface area contributed by atoms with E-state index in [1.165, 1.54) is 13.2 Å². The quantitative estimate of drug-likeness (QED) is 0.789. The van der Waals surface area contributed by atoms with Crippen LogP contribution < -0.4 is 0 Å². The Labute approximate surface area is 121 Å². The fourth-order valence-corrected chi connectivity index (χ4v) is 1.76. The lowest BCUT2D eigenvalue weighted by Crippen LogP contribution is -2.38. The van der Waals surface area contributed by atoms with Gasteiger partial charge in [0.1, 0.15) is 6.54 Å². The normalized spacial score (nSPS) is 10.4. The summed E-state index contributed by atoms with van der Waals surface area (Å²) in [5, 5.41) is 8.76. The summed E-state index contributed by atoms with van der Waals surface area (Å²) in [5.74, 6) is -3.41. The van der Waals surface area contributed by atoms with Gasteiger partial charge >= 0.3 is 5.97 Å². The van der Waals surface area contributed by atoms with Gasteiger partial charge in [-0.25, -0.2) is 8.78 Å². The second-order valence-corrected chi connectivity index (χ2v) is 4.45. The predicted molar refractivity (Wildman–Crippen MR) is 70.8 cm³/mol.